The lowest BCUT2D eigenvalue weighted by Crippen LogP contribution is -1.95. The van der Waals surface area contributed by atoms with Crippen LogP contribution in [-0.2, 0) is 11.2 Å². The number of aldehydes is 1. The van der Waals surface area contributed by atoms with Crippen molar-refractivity contribution >= 4 is 6.29 Å². The van der Waals surface area contributed by atoms with E-state index in [1.807, 2.05) is 0 Å². The Labute approximate surface area is 92.5 Å². The van der Waals surface area contributed by atoms with E-state index in [-0.39, 0.29) is 0 Å². The van der Waals surface area contributed by atoms with Crippen molar-refractivity contribution < 1.29 is 4.79 Å². The molecule has 1 aromatic carbocycles. The Morgan fingerprint density at radius 3 is 2.20 bits per heavy atom. The smallest absolute Gasteiger partial charge is 0.119 e. The Bertz CT molecular complexity index is 316. The van der Waals surface area contributed by atoms with Gasteiger partial charge in [0.25, 0.3) is 0 Å². The number of aryl methyl sites for hydroxylation is 3. The number of unbranched alkanes of at least 4 members (excludes halogenated alkanes) is 2. The topological polar surface area (TPSA) is 17.1 Å². The summed E-state index contributed by atoms with van der Waals surface area (Å²) in [7, 11) is 0. The largest absolute Gasteiger partial charge is 0.303 e. The Morgan fingerprint density at radius 1 is 1.07 bits per heavy atom. The summed E-state index contributed by atoms with van der Waals surface area (Å²) in [6, 6.07) is 4.48. The Hall–Kier alpha value is -1.11. The van der Waals surface area contributed by atoms with Crippen LogP contribution < -0.4 is 0 Å². The number of benzene rings is 1. The molecule has 82 valence electrons. The Balaban J connectivity index is 2.64. The van der Waals surface area contributed by atoms with Gasteiger partial charge in [-0.25, -0.2) is 0 Å². The molecule has 0 saturated heterocycles. The second-order valence-corrected chi connectivity index (χ2v) is 4.29. The van der Waals surface area contributed by atoms with Crippen molar-refractivity contribution in [2.75, 3.05) is 0 Å². The van der Waals surface area contributed by atoms with E-state index in [1.54, 1.807) is 0 Å². The normalized spacial score (nSPS) is 10.3. The number of rotatable bonds is 5. The van der Waals surface area contributed by atoms with Crippen LogP contribution in [0.15, 0.2) is 12.1 Å². The summed E-state index contributed by atoms with van der Waals surface area (Å²) in [5, 5.41) is 0. The maximum Gasteiger partial charge on any atom is 0.119 e. The maximum atomic E-state index is 10.2. The summed E-state index contributed by atoms with van der Waals surface area (Å²) in [5.74, 6) is 0. The van der Waals surface area contributed by atoms with Crippen molar-refractivity contribution in [2.45, 2.75) is 46.5 Å². The molecule has 15 heavy (non-hydrogen) atoms. The molecule has 0 aliphatic carbocycles. The van der Waals surface area contributed by atoms with E-state index < -0.39 is 0 Å². The Morgan fingerprint density at radius 2 is 1.67 bits per heavy atom. The van der Waals surface area contributed by atoms with Gasteiger partial charge in [0, 0.05) is 6.42 Å². The summed E-state index contributed by atoms with van der Waals surface area (Å²) < 4.78 is 0. The minimum absolute atomic E-state index is 0.698. The van der Waals surface area contributed by atoms with Crippen LogP contribution in [0.2, 0.25) is 0 Å². The molecule has 0 radical (unpaired) electrons. The highest BCUT2D eigenvalue weighted by Crippen LogP contribution is 2.18. The lowest BCUT2D eigenvalue weighted by molar-refractivity contribution is -0.107. The molecule has 0 atom stereocenters. The average Bonchev–Trinajstić information content (AvgIpc) is 2.15. The fraction of sp³-hybridized carbons (Fsp3) is 0.500. The highest BCUT2D eigenvalue weighted by atomic mass is 16.1. The average molecular weight is 204 g/mol. The molecule has 1 heteroatoms. The summed E-state index contributed by atoms with van der Waals surface area (Å²) in [6.07, 6.45) is 4.93. The van der Waals surface area contributed by atoms with Gasteiger partial charge in [0.05, 0.1) is 0 Å². The first-order chi connectivity index (χ1) is 7.15. The van der Waals surface area contributed by atoms with Crippen molar-refractivity contribution in [3.8, 4) is 0 Å². The van der Waals surface area contributed by atoms with E-state index in [0.717, 1.165) is 25.5 Å². The quantitative estimate of drug-likeness (QED) is 0.529. The van der Waals surface area contributed by atoms with Gasteiger partial charge in [0.15, 0.2) is 0 Å². The minimum Gasteiger partial charge on any atom is -0.303 e. The van der Waals surface area contributed by atoms with Crippen molar-refractivity contribution in [2.24, 2.45) is 0 Å². The zero-order valence-electron chi connectivity index (χ0n) is 9.97. The summed E-state index contributed by atoms with van der Waals surface area (Å²) in [6.45, 7) is 6.49. The van der Waals surface area contributed by atoms with Gasteiger partial charge >= 0.3 is 0 Å². The second kappa shape index (κ2) is 5.69. The van der Waals surface area contributed by atoms with Crippen LogP contribution in [0.4, 0.5) is 0 Å². The number of carbonyl (C=O) groups excluding carboxylic acids is 1. The van der Waals surface area contributed by atoms with Crippen LogP contribution in [0, 0.1) is 20.8 Å². The highest BCUT2D eigenvalue weighted by Gasteiger charge is 2.03. The molecule has 0 aliphatic heterocycles. The maximum absolute atomic E-state index is 10.2. The molecule has 0 unspecified atom stereocenters. The van der Waals surface area contributed by atoms with Gasteiger partial charge in [-0.2, -0.15) is 0 Å². The molecule has 0 N–H and O–H groups in total. The Kier molecular flexibility index (Phi) is 4.54. The van der Waals surface area contributed by atoms with Crippen molar-refractivity contribution in [3.63, 3.8) is 0 Å². The van der Waals surface area contributed by atoms with Crippen LogP contribution in [-0.4, -0.2) is 6.29 Å². The van der Waals surface area contributed by atoms with Gasteiger partial charge in [-0.3, -0.25) is 0 Å². The molecule has 0 spiro atoms. The zero-order chi connectivity index (χ0) is 11.3. The highest BCUT2D eigenvalue weighted by molar-refractivity contribution is 5.49. The molecule has 0 bridgehead atoms. The van der Waals surface area contributed by atoms with E-state index >= 15 is 0 Å². The van der Waals surface area contributed by atoms with Crippen LogP contribution in [0.3, 0.4) is 0 Å². The lowest BCUT2D eigenvalue weighted by atomic mass is 9.95. The van der Waals surface area contributed by atoms with Gasteiger partial charge in [-0.05, 0) is 56.7 Å². The molecule has 0 amide bonds. The van der Waals surface area contributed by atoms with Crippen molar-refractivity contribution in [3.05, 3.63) is 34.4 Å². The first-order valence-electron chi connectivity index (χ1n) is 5.65. The predicted octanol–water partition coefficient (Wildman–Crippen LogP) is 3.52. The van der Waals surface area contributed by atoms with E-state index in [9.17, 15) is 4.79 Å². The molecule has 1 nitrogen and oxygen atoms in total. The number of hydrogen-bond donors (Lipinski definition) is 0. The number of hydrogen-bond acceptors (Lipinski definition) is 1. The van der Waals surface area contributed by atoms with Crippen LogP contribution >= 0.6 is 0 Å². The summed E-state index contributed by atoms with van der Waals surface area (Å²) in [5.41, 5.74) is 5.57. The molecular weight excluding hydrogens is 184 g/mol. The lowest BCUT2D eigenvalue weighted by Gasteiger charge is -2.10. The van der Waals surface area contributed by atoms with Crippen LogP contribution in [0.5, 0.6) is 0 Å². The van der Waals surface area contributed by atoms with E-state index in [0.29, 0.717) is 6.42 Å². The first kappa shape index (κ1) is 12.0. The fourth-order valence-electron chi connectivity index (χ4n) is 2.13. The molecule has 0 fully saturated rings. The van der Waals surface area contributed by atoms with Gasteiger partial charge in [0.2, 0.25) is 0 Å². The third-order valence-corrected chi connectivity index (χ3v) is 2.84. The fourth-order valence-corrected chi connectivity index (χ4v) is 2.13. The monoisotopic (exact) mass is 204 g/mol. The molecule has 1 rings (SSSR count). The number of carbonyl (C=O) groups is 1. The minimum atomic E-state index is 0.698. The van der Waals surface area contributed by atoms with E-state index in [2.05, 4.69) is 32.9 Å². The molecule has 0 heterocycles. The van der Waals surface area contributed by atoms with Gasteiger partial charge in [-0.1, -0.05) is 17.7 Å². The molecule has 0 aromatic heterocycles. The molecule has 0 saturated carbocycles. The van der Waals surface area contributed by atoms with Crippen LogP contribution in [0.1, 0.15) is 41.5 Å². The summed E-state index contributed by atoms with van der Waals surface area (Å²) >= 11 is 0. The third-order valence-electron chi connectivity index (χ3n) is 2.84. The SMILES string of the molecule is Cc1cc(C)c(CCCCC=O)c(C)c1. The molecule has 0 aliphatic rings. The molecular formula is C14H20O. The van der Waals surface area contributed by atoms with Gasteiger partial charge in [0.1, 0.15) is 6.29 Å². The van der Waals surface area contributed by atoms with Crippen molar-refractivity contribution in [1.82, 2.24) is 0 Å². The molecule has 1 aromatic rings. The van der Waals surface area contributed by atoms with Crippen molar-refractivity contribution in [1.29, 1.82) is 0 Å². The van der Waals surface area contributed by atoms with Gasteiger partial charge in [-0.15, -0.1) is 0 Å². The predicted molar refractivity (Wildman–Crippen MR) is 64.3 cm³/mol. The van der Waals surface area contributed by atoms with E-state index in [1.165, 1.54) is 22.3 Å². The van der Waals surface area contributed by atoms with E-state index in [4.69, 9.17) is 0 Å². The standard InChI is InChI=1S/C14H20O/c1-11-9-12(2)14(13(3)10-11)7-5-4-6-8-15/h8-10H,4-7H2,1-3H3. The second-order valence-electron chi connectivity index (χ2n) is 4.29. The van der Waals surface area contributed by atoms with Gasteiger partial charge < -0.3 is 4.79 Å². The first-order valence-corrected chi connectivity index (χ1v) is 5.65. The van der Waals surface area contributed by atoms with Crippen LogP contribution in [0.25, 0.3) is 0 Å². The zero-order valence-corrected chi connectivity index (χ0v) is 9.97. The summed E-state index contributed by atoms with van der Waals surface area (Å²) in [4.78, 5) is 10.2. The third kappa shape index (κ3) is 3.50.